The van der Waals surface area contributed by atoms with E-state index in [2.05, 4.69) is 13.8 Å². The molecule has 188 valence electrons. The second kappa shape index (κ2) is 8.99. The number of aliphatic hydroxyl groups is 2. The van der Waals surface area contributed by atoms with Crippen molar-refractivity contribution in [1.29, 1.82) is 0 Å². The van der Waals surface area contributed by atoms with Crippen molar-refractivity contribution < 1.29 is 29.3 Å². The minimum Gasteiger partial charge on any atom is -0.458 e. The topological polar surface area (TPSA) is 127 Å². The number of carbonyl (C=O) groups excluding carboxylic acids is 3. The van der Waals surface area contributed by atoms with Crippen molar-refractivity contribution in [3.63, 3.8) is 0 Å². The van der Waals surface area contributed by atoms with Crippen molar-refractivity contribution >= 4 is 17.5 Å². The zero-order chi connectivity index (χ0) is 24.9. The number of hydrogen-bond acceptors (Lipinski definition) is 7. The number of esters is 1. The van der Waals surface area contributed by atoms with E-state index in [0.29, 0.717) is 38.6 Å². The summed E-state index contributed by atoms with van der Waals surface area (Å²) in [5.41, 5.74) is 3.67. The van der Waals surface area contributed by atoms with Crippen molar-refractivity contribution in [2.24, 2.45) is 40.2 Å². The summed E-state index contributed by atoms with van der Waals surface area (Å²) in [7, 11) is 0. The molecule has 3 fully saturated rings. The van der Waals surface area contributed by atoms with Gasteiger partial charge < -0.3 is 20.7 Å². The molecule has 0 aromatic carbocycles. The maximum atomic E-state index is 13.2. The van der Waals surface area contributed by atoms with E-state index < -0.39 is 40.9 Å². The third-order valence-corrected chi connectivity index (χ3v) is 9.63. The summed E-state index contributed by atoms with van der Waals surface area (Å²) in [5, 5.41) is 23.2. The van der Waals surface area contributed by atoms with Crippen LogP contribution < -0.4 is 5.73 Å². The highest BCUT2D eigenvalue weighted by Crippen LogP contribution is 2.67. The zero-order valence-electron chi connectivity index (χ0n) is 20.6. The summed E-state index contributed by atoms with van der Waals surface area (Å²) in [6.07, 6.45) is 8.19. The maximum absolute atomic E-state index is 13.2. The molecule has 4 aliphatic carbocycles. The average Bonchev–Trinajstić information content (AvgIpc) is 3.04. The van der Waals surface area contributed by atoms with Gasteiger partial charge in [0.1, 0.15) is 5.60 Å². The standard InChI is InChI=1S/C27H39NO6/c1-16-12-18-19-8-10-27(33,22(31)15-34-23(32)6-4-5-11-28)26(19,3)14-21(30)24(18)25(2)9-7-17(29)13-20(16)25/h7,9,13,16,18-19,21,24,30,33H,4-6,8,10-12,14-15,28H2,1-3H3/t16-,18-,19-,21-,24+,25-,26-,27-/m0/s1. The number of nitrogens with two attached hydrogens (primary N) is 1. The van der Waals surface area contributed by atoms with Crippen LogP contribution in [-0.4, -0.2) is 52.6 Å². The summed E-state index contributed by atoms with van der Waals surface area (Å²) < 4.78 is 5.20. The van der Waals surface area contributed by atoms with Crippen LogP contribution in [0.3, 0.4) is 0 Å². The highest BCUT2D eigenvalue weighted by Gasteiger charge is 2.68. The van der Waals surface area contributed by atoms with Crippen LogP contribution >= 0.6 is 0 Å². The van der Waals surface area contributed by atoms with Gasteiger partial charge in [0.25, 0.3) is 0 Å². The Bertz CT molecular complexity index is 926. The van der Waals surface area contributed by atoms with Crippen LogP contribution in [0.15, 0.2) is 23.8 Å². The van der Waals surface area contributed by atoms with Gasteiger partial charge in [0.15, 0.2) is 12.4 Å². The van der Waals surface area contributed by atoms with E-state index in [9.17, 15) is 24.6 Å². The van der Waals surface area contributed by atoms with Crippen LogP contribution in [0.5, 0.6) is 0 Å². The number of unbranched alkanes of at least 4 members (excludes halogenated alkanes) is 1. The predicted octanol–water partition coefficient (Wildman–Crippen LogP) is 2.48. The number of rotatable bonds is 7. The second-order valence-corrected chi connectivity index (χ2v) is 11.5. The number of allylic oxidation sites excluding steroid dienone is 4. The first-order chi connectivity index (χ1) is 16.0. The lowest BCUT2D eigenvalue weighted by Gasteiger charge is -2.60. The van der Waals surface area contributed by atoms with Crippen LogP contribution in [0, 0.1) is 34.5 Å². The third kappa shape index (κ3) is 3.80. The van der Waals surface area contributed by atoms with Gasteiger partial charge in [-0.1, -0.05) is 32.4 Å². The van der Waals surface area contributed by atoms with Crippen LogP contribution in [-0.2, 0) is 19.1 Å². The Balaban J connectivity index is 1.55. The summed E-state index contributed by atoms with van der Waals surface area (Å²) in [4.78, 5) is 37.3. The Kier molecular flexibility index (Phi) is 6.68. The van der Waals surface area contributed by atoms with Crippen LogP contribution in [0.2, 0.25) is 0 Å². The number of aliphatic hydroxyl groups excluding tert-OH is 1. The van der Waals surface area contributed by atoms with Crippen molar-refractivity contribution in [3.05, 3.63) is 23.8 Å². The van der Waals surface area contributed by atoms with E-state index in [1.165, 1.54) is 0 Å². The Morgan fingerprint density at radius 2 is 2.00 bits per heavy atom. The summed E-state index contributed by atoms with van der Waals surface area (Å²) in [6.45, 7) is 6.20. The molecule has 0 radical (unpaired) electrons. The fourth-order valence-electron chi connectivity index (χ4n) is 7.96. The van der Waals surface area contributed by atoms with Gasteiger partial charge >= 0.3 is 5.97 Å². The minimum absolute atomic E-state index is 0.00803. The maximum Gasteiger partial charge on any atom is 0.306 e. The molecule has 4 N–H and O–H groups in total. The number of ketones is 2. The molecule has 34 heavy (non-hydrogen) atoms. The first kappa shape index (κ1) is 25.3. The lowest BCUT2D eigenvalue weighted by Crippen LogP contribution is -2.62. The number of carbonyl (C=O) groups is 3. The van der Waals surface area contributed by atoms with E-state index in [0.717, 1.165) is 12.0 Å². The molecule has 0 spiro atoms. The normalized spacial score (nSPS) is 42.9. The highest BCUT2D eigenvalue weighted by molar-refractivity contribution is 6.01. The molecule has 0 aromatic rings. The summed E-state index contributed by atoms with van der Waals surface area (Å²) >= 11 is 0. The second-order valence-electron chi connectivity index (χ2n) is 11.5. The molecule has 8 atom stereocenters. The first-order valence-electron chi connectivity index (χ1n) is 12.7. The Morgan fingerprint density at radius 3 is 2.71 bits per heavy atom. The van der Waals surface area contributed by atoms with Gasteiger partial charge in [-0.2, -0.15) is 0 Å². The van der Waals surface area contributed by atoms with Gasteiger partial charge in [-0.3, -0.25) is 14.4 Å². The number of Topliss-reactive ketones (excluding diaryl/α,β-unsaturated/α-hetero) is 1. The van der Waals surface area contributed by atoms with Crippen LogP contribution in [0.25, 0.3) is 0 Å². The van der Waals surface area contributed by atoms with Gasteiger partial charge in [-0.25, -0.2) is 0 Å². The smallest absolute Gasteiger partial charge is 0.306 e. The van der Waals surface area contributed by atoms with Crippen molar-refractivity contribution in [2.45, 2.75) is 77.4 Å². The van der Waals surface area contributed by atoms with Crippen molar-refractivity contribution in [3.8, 4) is 0 Å². The lowest BCUT2D eigenvalue weighted by molar-refractivity contribution is -0.182. The Labute approximate surface area is 201 Å². The largest absolute Gasteiger partial charge is 0.458 e. The predicted molar refractivity (Wildman–Crippen MR) is 126 cm³/mol. The Hall–Kier alpha value is -1.83. The molecule has 4 aliphatic rings. The van der Waals surface area contributed by atoms with Gasteiger partial charge in [0.2, 0.25) is 5.78 Å². The first-order valence-corrected chi connectivity index (χ1v) is 12.7. The number of ether oxygens (including phenoxy) is 1. The molecule has 7 heteroatoms. The Morgan fingerprint density at radius 1 is 1.26 bits per heavy atom. The van der Waals surface area contributed by atoms with Crippen molar-refractivity contribution in [2.75, 3.05) is 13.2 Å². The van der Waals surface area contributed by atoms with E-state index in [1.807, 2.05) is 13.0 Å². The van der Waals surface area contributed by atoms with Crippen molar-refractivity contribution in [1.82, 2.24) is 0 Å². The third-order valence-electron chi connectivity index (χ3n) is 9.63. The molecule has 0 aliphatic heterocycles. The van der Waals surface area contributed by atoms with E-state index >= 15 is 0 Å². The molecule has 0 aromatic heterocycles. The van der Waals surface area contributed by atoms with Crippen LogP contribution in [0.4, 0.5) is 0 Å². The van der Waals surface area contributed by atoms with E-state index in [-0.39, 0.29) is 35.9 Å². The monoisotopic (exact) mass is 473 g/mol. The molecule has 0 heterocycles. The average molecular weight is 474 g/mol. The zero-order valence-corrected chi connectivity index (χ0v) is 20.6. The van der Waals surface area contributed by atoms with Gasteiger partial charge in [0, 0.05) is 23.2 Å². The molecule has 4 rings (SSSR count). The number of hydrogen-bond donors (Lipinski definition) is 3. The summed E-state index contributed by atoms with van der Waals surface area (Å²) in [6, 6.07) is 0. The molecule has 3 saturated carbocycles. The highest BCUT2D eigenvalue weighted by atomic mass is 16.5. The van der Waals surface area contributed by atoms with Gasteiger partial charge in [-0.15, -0.1) is 0 Å². The summed E-state index contributed by atoms with van der Waals surface area (Å²) in [5.74, 6) is -0.670. The quantitative estimate of drug-likeness (QED) is 0.383. The SMILES string of the molecule is C[C@H]1C[C@@H]2[C@H]([C@@H](O)C[C@@]3(C)[C@H]2CC[C@]3(O)C(=O)COC(=O)CCCCN)[C@@]2(C)C=CC(=O)C=C12. The van der Waals surface area contributed by atoms with E-state index in [1.54, 1.807) is 12.2 Å². The molecular weight excluding hydrogens is 434 g/mol. The fourth-order valence-corrected chi connectivity index (χ4v) is 7.96. The molecular formula is C27H39NO6. The van der Waals surface area contributed by atoms with Crippen LogP contribution in [0.1, 0.15) is 65.7 Å². The number of fused-ring (bicyclic) bond motifs is 5. The molecule has 0 unspecified atom stereocenters. The molecule has 0 amide bonds. The lowest BCUT2D eigenvalue weighted by atomic mass is 9.45. The fraction of sp³-hybridized carbons (Fsp3) is 0.741. The molecule has 0 bridgehead atoms. The van der Waals surface area contributed by atoms with Gasteiger partial charge in [0.05, 0.1) is 6.10 Å². The minimum atomic E-state index is -1.64. The van der Waals surface area contributed by atoms with E-state index in [4.69, 9.17) is 10.5 Å². The molecule has 0 saturated heterocycles. The van der Waals surface area contributed by atoms with Gasteiger partial charge in [-0.05, 0) is 75.0 Å². The molecule has 7 nitrogen and oxygen atoms in total.